The van der Waals surface area contributed by atoms with Crippen LogP contribution >= 0.6 is 0 Å². The van der Waals surface area contributed by atoms with Crippen molar-refractivity contribution in [3.8, 4) is 0 Å². The van der Waals surface area contributed by atoms with Crippen LogP contribution in [0.1, 0.15) is 58.8 Å². The van der Waals surface area contributed by atoms with Gasteiger partial charge in [-0.15, -0.1) is 0 Å². The highest BCUT2D eigenvalue weighted by atomic mass is 14.6. The van der Waals surface area contributed by atoms with Crippen LogP contribution < -0.4 is 5.73 Å². The first-order chi connectivity index (χ1) is 7.16. The van der Waals surface area contributed by atoms with Crippen LogP contribution in [-0.2, 0) is 0 Å². The Morgan fingerprint density at radius 2 is 1.67 bits per heavy atom. The molecule has 0 aromatic rings. The summed E-state index contributed by atoms with van der Waals surface area (Å²) in [4.78, 5) is 0. The van der Waals surface area contributed by atoms with Crippen LogP contribution in [-0.4, -0.2) is 6.04 Å². The lowest BCUT2D eigenvalue weighted by Crippen LogP contribution is -2.25. The summed E-state index contributed by atoms with van der Waals surface area (Å²) in [5.41, 5.74) is 9.56. The lowest BCUT2D eigenvalue weighted by Gasteiger charge is -2.32. The summed E-state index contributed by atoms with van der Waals surface area (Å²) < 4.78 is 0. The van der Waals surface area contributed by atoms with Crippen molar-refractivity contribution in [1.29, 1.82) is 0 Å². The molecule has 86 valence electrons. The van der Waals surface area contributed by atoms with Crippen LogP contribution in [0.5, 0.6) is 0 Å². The number of nitrogens with two attached hydrogens (primary N) is 1. The fraction of sp³-hybridized carbons (Fsp3) is 0.857. The third-order valence-electron chi connectivity index (χ3n) is 4.50. The van der Waals surface area contributed by atoms with Gasteiger partial charge in [0.1, 0.15) is 0 Å². The van der Waals surface area contributed by atoms with Crippen LogP contribution in [0.2, 0.25) is 0 Å². The molecule has 2 aliphatic carbocycles. The molecule has 0 amide bonds. The van der Waals surface area contributed by atoms with Gasteiger partial charge in [-0.05, 0) is 56.8 Å². The minimum Gasteiger partial charge on any atom is -0.327 e. The highest BCUT2D eigenvalue weighted by molar-refractivity contribution is 5.19. The molecule has 1 heteroatoms. The lowest BCUT2D eigenvalue weighted by atomic mass is 9.75. The summed E-state index contributed by atoms with van der Waals surface area (Å²) in [6, 6.07) is 0.455. The van der Waals surface area contributed by atoms with E-state index in [9.17, 15) is 0 Å². The number of rotatable bonds is 0. The van der Waals surface area contributed by atoms with Crippen LogP contribution in [0.25, 0.3) is 0 Å². The molecule has 1 nitrogen and oxygen atoms in total. The van der Waals surface area contributed by atoms with Gasteiger partial charge in [0.05, 0.1) is 0 Å². The Morgan fingerprint density at radius 3 is 2.33 bits per heavy atom. The Bertz CT molecular complexity index is 254. The van der Waals surface area contributed by atoms with E-state index < -0.39 is 0 Å². The predicted molar refractivity (Wildman–Crippen MR) is 65.6 cm³/mol. The third kappa shape index (κ3) is 2.63. The maximum Gasteiger partial charge on any atom is 0.00762 e. The molecule has 2 N–H and O–H groups in total. The van der Waals surface area contributed by atoms with Crippen molar-refractivity contribution in [2.45, 2.75) is 64.8 Å². The van der Waals surface area contributed by atoms with Gasteiger partial charge >= 0.3 is 0 Å². The molecule has 2 rings (SSSR count). The average molecular weight is 207 g/mol. The zero-order valence-corrected chi connectivity index (χ0v) is 10.3. The van der Waals surface area contributed by atoms with Crippen molar-refractivity contribution >= 4 is 0 Å². The van der Waals surface area contributed by atoms with Gasteiger partial charge in [0.2, 0.25) is 0 Å². The molecule has 3 atom stereocenters. The second-order valence-corrected chi connectivity index (χ2v) is 5.76. The van der Waals surface area contributed by atoms with E-state index in [0.29, 0.717) is 6.04 Å². The number of hydrogen-bond acceptors (Lipinski definition) is 1. The van der Waals surface area contributed by atoms with E-state index in [1.54, 1.807) is 11.1 Å². The Balaban J connectivity index is 2.05. The second-order valence-electron chi connectivity index (χ2n) is 5.76. The van der Waals surface area contributed by atoms with Crippen LogP contribution in [0.3, 0.4) is 0 Å². The maximum absolute atomic E-state index is 6.06. The standard InChI is InChI=1S/C14H25N/c1-10-6-7-13(8-11(10)2)12-4-3-5-14(15)9-12/h10-11,14H,3-9,15H2,1-2H3. The summed E-state index contributed by atoms with van der Waals surface area (Å²) in [5, 5.41) is 0. The van der Waals surface area contributed by atoms with Crippen LogP contribution in [0.15, 0.2) is 11.1 Å². The number of hydrogen-bond donors (Lipinski definition) is 1. The van der Waals surface area contributed by atoms with Crippen molar-refractivity contribution in [2.75, 3.05) is 0 Å². The Labute approximate surface area is 94.1 Å². The Kier molecular flexibility index (Phi) is 3.50. The van der Waals surface area contributed by atoms with Crippen LogP contribution in [0, 0.1) is 11.8 Å². The molecule has 15 heavy (non-hydrogen) atoms. The van der Waals surface area contributed by atoms with Crippen molar-refractivity contribution in [3.63, 3.8) is 0 Å². The Morgan fingerprint density at radius 1 is 0.933 bits per heavy atom. The van der Waals surface area contributed by atoms with Gasteiger partial charge in [0, 0.05) is 6.04 Å². The molecule has 2 saturated carbocycles. The van der Waals surface area contributed by atoms with Gasteiger partial charge in [-0.3, -0.25) is 0 Å². The van der Waals surface area contributed by atoms with E-state index in [1.807, 2.05) is 0 Å². The molecule has 0 spiro atoms. The smallest absolute Gasteiger partial charge is 0.00762 e. The van der Waals surface area contributed by atoms with Gasteiger partial charge < -0.3 is 5.73 Å². The molecular weight excluding hydrogens is 182 g/mol. The predicted octanol–water partition coefficient (Wildman–Crippen LogP) is 3.64. The largest absolute Gasteiger partial charge is 0.327 e. The molecule has 0 bridgehead atoms. The normalized spacial score (nSPS) is 43.0. The molecule has 0 aromatic carbocycles. The van der Waals surface area contributed by atoms with Crippen molar-refractivity contribution < 1.29 is 0 Å². The van der Waals surface area contributed by atoms with Gasteiger partial charge in [-0.25, -0.2) is 0 Å². The highest BCUT2D eigenvalue weighted by Gasteiger charge is 2.24. The van der Waals surface area contributed by atoms with Gasteiger partial charge in [-0.2, -0.15) is 0 Å². The molecule has 2 fully saturated rings. The monoisotopic (exact) mass is 207 g/mol. The SMILES string of the molecule is CC1CCC(=C2CCCC(N)C2)CC1C. The quantitative estimate of drug-likeness (QED) is 0.603. The highest BCUT2D eigenvalue weighted by Crippen LogP contribution is 2.37. The van der Waals surface area contributed by atoms with Gasteiger partial charge in [0.25, 0.3) is 0 Å². The van der Waals surface area contributed by atoms with E-state index in [4.69, 9.17) is 5.73 Å². The summed E-state index contributed by atoms with van der Waals surface area (Å²) in [6.45, 7) is 4.81. The Hall–Kier alpha value is -0.300. The number of allylic oxidation sites excluding steroid dienone is 1. The van der Waals surface area contributed by atoms with E-state index >= 15 is 0 Å². The minimum atomic E-state index is 0.455. The molecule has 0 aliphatic heterocycles. The lowest BCUT2D eigenvalue weighted by molar-refractivity contribution is 0.318. The third-order valence-corrected chi connectivity index (χ3v) is 4.50. The van der Waals surface area contributed by atoms with E-state index in [1.165, 1.54) is 44.9 Å². The van der Waals surface area contributed by atoms with Crippen LogP contribution in [0.4, 0.5) is 0 Å². The molecule has 3 unspecified atom stereocenters. The maximum atomic E-state index is 6.06. The first kappa shape index (κ1) is 11.2. The fourth-order valence-electron chi connectivity index (χ4n) is 3.12. The van der Waals surface area contributed by atoms with Gasteiger partial charge in [0.15, 0.2) is 0 Å². The zero-order chi connectivity index (χ0) is 10.8. The average Bonchev–Trinajstić information content (AvgIpc) is 2.22. The molecule has 2 aliphatic rings. The molecular formula is C14H25N. The van der Waals surface area contributed by atoms with E-state index in [-0.39, 0.29) is 0 Å². The summed E-state index contributed by atoms with van der Waals surface area (Å²) in [7, 11) is 0. The van der Waals surface area contributed by atoms with E-state index in [0.717, 1.165) is 11.8 Å². The topological polar surface area (TPSA) is 26.0 Å². The first-order valence-electron chi connectivity index (χ1n) is 6.62. The fourth-order valence-corrected chi connectivity index (χ4v) is 3.12. The minimum absolute atomic E-state index is 0.455. The van der Waals surface area contributed by atoms with Crippen molar-refractivity contribution in [1.82, 2.24) is 0 Å². The zero-order valence-electron chi connectivity index (χ0n) is 10.3. The summed E-state index contributed by atoms with van der Waals surface area (Å²) in [5.74, 6) is 1.81. The summed E-state index contributed by atoms with van der Waals surface area (Å²) in [6.07, 6.45) is 9.19. The van der Waals surface area contributed by atoms with E-state index in [2.05, 4.69) is 13.8 Å². The molecule has 0 radical (unpaired) electrons. The summed E-state index contributed by atoms with van der Waals surface area (Å²) >= 11 is 0. The molecule has 0 saturated heterocycles. The second kappa shape index (κ2) is 4.69. The van der Waals surface area contributed by atoms with Crippen molar-refractivity contribution in [3.05, 3.63) is 11.1 Å². The first-order valence-corrected chi connectivity index (χ1v) is 6.62. The van der Waals surface area contributed by atoms with Gasteiger partial charge in [-0.1, -0.05) is 25.0 Å². The van der Waals surface area contributed by atoms with Crippen molar-refractivity contribution in [2.24, 2.45) is 17.6 Å². The molecule has 0 aromatic heterocycles. The molecule has 0 heterocycles.